The highest BCUT2D eigenvalue weighted by Crippen LogP contribution is 2.27. The second-order valence-electron chi connectivity index (χ2n) is 5.37. The summed E-state index contributed by atoms with van der Waals surface area (Å²) < 4.78 is 18.1. The Kier molecular flexibility index (Phi) is 3.88. The van der Waals surface area contributed by atoms with Crippen molar-refractivity contribution in [2.24, 2.45) is 0 Å². The van der Waals surface area contributed by atoms with Crippen LogP contribution in [0.2, 0.25) is 0 Å². The normalized spacial score (nSPS) is 16.6. The zero-order valence-corrected chi connectivity index (χ0v) is 11.9. The van der Waals surface area contributed by atoms with Gasteiger partial charge in [0.1, 0.15) is 18.2 Å². The molecule has 0 bridgehead atoms. The summed E-state index contributed by atoms with van der Waals surface area (Å²) in [7, 11) is 1.53. The summed E-state index contributed by atoms with van der Waals surface area (Å²) in [5.74, 6) is 0.932. The minimum Gasteiger partial charge on any atom is -0.375 e. The number of nitrogens with zero attached hydrogens (tertiary/aromatic N) is 2. The molecule has 3 rings (SSSR count). The molecule has 0 atom stereocenters. The second-order valence-corrected chi connectivity index (χ2v) is 5.37. The third kappa shape index (κ3) is 2.90. The van der Waals surface area contributed by atoms with Crippen molar-refractivity contribution in [3.8, 4) is 0 Å². The number of likely N-dealkylation sites (tertiary alicyclic amines) is 1. The molecule has 1 N–H and O–H groups in total. The number of amides is 1. The van der Waals surface area contributed by atoms with Crippen molar-refractivity contribution >= 4 is 16.9 Å². The minimum absolute atomic E-state index is 0.0302. The van der Waals surface area contributed by atoms with E-state index in [2.05, 4.69) is 9.97 Å². The van der Waals surface area contributed by atoms with Crippen molar-refractivity contribution < 1.29 is 13.9 Å². The number of methoxy groups -OCH3 is 1. The molecule has 0 spiro atoms. The summed E-state index contributed by atoms with van der Waals surface area (Å²) in [4.78, 5) is 21.3. The quantitative estimate of drug-likeness (QED) is 0.941. The standard InChI is InChI=1S/C15H18FN3O2/c1-21-9-14(20)19-6-4-10(5-7-19)15-17-12-3-2-11(16)8-13(12)18-15/h2-3,8,10H,4-7,9H2,1H3,(H,17,18). The molecule has 2 heterocycles. The van der Waals surface area contributed by atoms with E-state index in [4.69, 9.17) is 4.74 Å². The number of benzene rings is 1. The molecule has 6 heteroatoms. The molecule has 1 saturated heterocycles. The Bertz CT molecular complexity index is 647. The van der Waals surface area contributed by atoms with Gasteiger partial charge in [-0.3, -0.25) is 4.79 Å². The third-order valence-electron chi connectivity index (χ3n) is 3.96. The molecule has 0 unspecified atom stereocenters. The van der Waals surface area contributed by atoms with Crippen molar-refractivity contribution in [1.29, 1.82) is 0 Å². The van der Waals surface area contributed by atoms with Gasteiger partial charge in [0.05, 0.1) is 11.0 Å². The lowest BCUT2D eigenvalue weighted by atomic mass is 9.96. The average Bonchev–Trinajstić information content (AvgIpc) is 2.90. The summed E-state index contributed by atoms with van der Waals surface area (Å²) in [6.45, 7) is 1.55. The molecule has 21 heavy (non-hydrogen) atoms. The van der Waals surface area contributed by atoms with Crippen LogP contribution in [-0.4, -0.2) is 47.6 Å². The zero-order valence-electron chi connectivity index (χ0n) is 11.9. The van der Waals surface area contributed by atoms with Gasteiger partial charge in [0, 0.05) is 26.1 Å². The molecular formula is C15H18FN3O2. The number of carbonyl (C=O) groups excluding carboxylic acids is 1. The maximum atomic E-state index is 13.2. The van der Waals surface area contributed by atoms with E-state index in [-0.39, 0.29) is 24.2 Å². The van der Waals surface area contributed by atoms with Gasteiger partial charge in [0.2, 0.25) is 5.91 Å². The molecule has 5 nitrogen and oxygen atoms in total. The molecule has 0 aliphatic carbocycles. The van der Waals surface area contributed by atoms with Gasteiger partial charge in [0.25, 0.3) is 0 Å². The van der Waals surface area contributed by atoms with E-state index in [0.29, 0.717) is 13.1 Å². The first-order chi connectivity index (χ1) is 10.2. The van der Waals surface area contributed by atoms with Gasteiger partial charge in [-0.15, -0.1) is 0 Å². The van der Waals surface area contributed by atoms with Crippen molar-refractivity contribution in [3.05, 3.63) is 29.8 Å². The number of halogens is 1. The Hall–Kier alpha value is -1.95. The van der Waals surface area contributed by atoms with Crippen molar-refractivity contribution in [2.75, 3.05) is 26.8 Å². The van der Waals surface area contributed by atoms with Crippen LogP contribution in [0.1, 0.15) is 24.6 Å². The summed E-state index contributed by atoms with van der Waals surface area (Å²) in [6.07, 6.45) is 1.72. The molecule has 1 amide bonds. The van der Waals surface area contributed by atoms with Crippen molar-refractivity contribution in [3.63, 3.8) is 0 Å². The van der Waals surface area contributed by atoms with Gasteiger partial charge >= 0.3 is 0 Å². The molecule has 1 aliphatic heterocycles. The lowest BCUT2D eigenvalue weighted by Gasteiger charge is -2.30. The molecule has 0 saturated carbocycles. The van der Waals surface area contributed by atoms with Crippen LogP contribution in [0, 0.1) is 5.82 Å². The Labute approximate surface area is 122 Å². The van der Waals surface area contributed by atoms with E-state index in [1.165, 1.54) is 19.2 Å². The third-order valence-corrected chi connectivity index (χ3v) is 3.96. The highest BCUT2D eigenvalue weighted by atomic mass is 19.1. The largest absolute Gasteiger partial charge is 0.375 e. The number of aromatic amines is 1. The van der Waals surface area contributed by atoms with E-state index >= 15 is 0 Å². The monoisotopic (exact) mass is 291 g/mol. The molecule has 0 radical (unpaired) electrons. The molecule has 1 aliphatic rings. The van der Waals surface area contributed by atoms with Crippen LogP contribution < -0.4 is 0 Å². The van der Waals surface area contributed by atoms with E-state index in [9.17, 15) is 9.18 Å². The number of nitrogens with one attached hydrogen (secondary N) is 1. The smallest absolute Gasteiger partial charge is 0.248 e. The van der Waals surface area contributed by atoms with Crippen LogP contribution in [-0.2, 0) is 9.53 Å². The first-order valence-electron chi connectivity index (χ1n) is 7.09. The predicted octanol–water partition coefficient (Wildman–Crippen LogP) is 2.05. The second kappa shape index (κ2) is 5.81. The van der Waals surface area contributed by atoms with Crippen LogP contribution in [0.3, 0.4) is 0 Å². The number of fused-ring (bicyclic) bond motifs is 1. The fourth-order valence-electron chi connectivity index (χ4n) is 2.81. The van der Waals surface area contributed by atoms with Gasteiger partial charge in [-0.05, 0) is 31.0 Å². The maximum absolute atomic E-state index is 13.2. The molecule has 1 aromatic carbocycles. The lowest BCUT2D eigenvalue weighted by Crippen LogP contribution is -2.39. The van der Waals surface area contributed by atoms with Gasteiger partial charge in [-0.25, -0.2) is 9.37 Å². The minimum atomic E-state index is -0.266. The van der Waals surface area contributed by atoms with Crippen LogP contribution in [0.25, 0.3) is 11.0 Å². The molecule has 2 aromatic rings. The highest BCUT2D eigenvalue weighted by molar-refractivity contribution is 5.77. The summed E-state index contributed by atoms with van der Waals surface area (Å²) >= 11 is 0. The molecule has 112 valence electrons. The van der Waals surface area contributed by atoms with Gasteiger partial charge in [0.15, 0.2) is 0 Å². The van der Waals surface area contributed by atoms with Crippen LogP contribution >= 0.6 is 0 Å². The lowest BCUT2D eigenvalue weighted by molar-refractivity contribution is -0.136. The summed E-state index contributed by atoms with van der Waals surface area (Å²) in [6, 6.07) is 4.56. The van der Waals surface area contributed by atoms with Gasteiger partial charge in [-0.2, -0.15) is 0 Å². The Morgan fingerprint density at radius 3 is 2.95 bits per heavy atom. The maximum Gasteiger partial charge on any atom is 0.248 e. The molecule has 1 fully saturated rings. The number of piperidine rings is 1. The number of aromatic nitrogens is 2. The fourth-order valence-corrected chi connectivity index (χ4v) is 2.81. The van der Waals surface area contributed by atoms with Gasteiger partial charge in [-0.1, -0.05) is 0 Å². The van der Waals surface area contributed by atoms with Crippen molar-refractivity contribution in [2.45, 2.75) is 18.8 Å². The van der Waals surface area contributed by atoms with E-state index in [0.717, 1.165) is 29.7 Å². The average molecular weight is 291 g/mol. The Balaban J connectivity index is 1.69. The number of hydrogen-bond donors (Lipinski definition) is 1. The number of H-pyrrole nitrogens is 1. The van der Waals surface area contributed by atoms with E-state index in [1.807, 2.05) is 4.90 Å². The predicted molar refractivity (Wildman–Crippen MR) is 76.5 cm³/mol. The SMILES string of the molecule is COCC(=O)N1CCC(c2nc3ccc(F)cc3[nH]2)CC1. The van der Waals surface area contributed by atoms with Crippen LogP contribution in [0.15, 0.2) is 18.2 Å². The Morgan fingerprint density at radius 1 is 1.48 bits per heavy atom. The molecular weight excluding hydrogens is 273 g/mol. The number of ether oxygens (including phenoxy) is 1. The first kappa shape index (κ1) is 14.0. The molecule has 1 aromatic heterocycles. The number of rotatable bonds is 3. The van der Waals surface area contributed by atoms with E-state index < -0.39 is 0 Å². The Morgan fingerprint density at radius 2 is 2.24 bits per heavy atom. The number of imidazole rings is 1. The summed E-state index contributed by atoms with van der Waals surface area (Å²) in [5.41, 5.74) is 1.51. The van der Waals surface area contributed by atoms with Crippen LogP contribution in [0.5, 0.6) is 0 Å². The van der Waals surface area contributed by atoms with Crippen LogP contribution in [0.4, 0.5) is 4.39 Å². The number of carbonyl (C=O) groups is 1. The first-order valence-corrected chi connectivity index (χ1v) is 7.09. The topological polar surface area (TPSA) is 58.2 Å². The zero-order chi connectivity index (χ0) is 14.8. The number of hydrogen-bond acceptors (Lipinski definition) is 3. The fraction of sp³-hybridized carbons (Fsp3) is 0.467. The summed E-state index contributed by atoms with van der Waals surface area (Å²) in [5, 5.41) is 0. The highest BCUT2D eigenvalue weighted by Gasteiger charge is 2.25. The van der Waals surface area contributed by atoms with Gasteiger partial charge < -0.3 is 14.6 Å². The van der Waals surface area contributed by atoms with E-state index in [1.54, 1.807) is 6.07 Å². The van der Waals surface area contributed by atoms with Crippen molar-refractivity contribution in [1.82, 2.24) is 14.9 Å².